The minimum Gasteiger partial charge on any atom is -0.493 e. The Morgan fingerprint density at radius 2 is 2.25 bits per heavy atom. The zero-order valence-corrected chi connectivity index (χ0v) is 11.4. The maximum atomic E-state index is 5.71. The van der Waals surface area contributed by atoms with Gasteiger partial charge in [-0.2, -0.15) is 0 Å². The molecule has 0 saturated carbocycles. The summed E-state index contributed by atoms with van der Waals surface area (Å²) in [7, 11) is 0. The molecule has 0 aliphatic carbocycles. The number of nitrogens with two attached hydrogens (primary N) is 1. The second-order valence-corrected chi connectivity index (χ2v) is 5.04. The lowest BCUT2D eigenvalue weighted by molar-refractivity contribution is 0.356. The predicted octanol–water partition coefficient (Wildman–Crippen LogP) is 2.15. The Hall–Kier alpha value is -1.91. The molecule has 3 rings (SSSR count). The van der Waals surface area contributed by atoms with Crippen molar-refractivity contribution in [2.24, 2.45) is 5.84 Å². The third-order valence-corrected chi connectivity index (χ3v) is 3.73. The van der Waals surface area contributed by atoms with E-state index >= 15 is 0 Å². The molecule has 4 heteroatoms. The summed E-state index contributed by atoms with van der Waals surface area (Å²) < 4.78 is 5.53. The fraction of sp³-hybridized carbons (Fsp3) is 0.312. The van der Waals surface area contributed by atoms with Crippen molar-refractivity contribution in [3.8, 4) is 5.75 Å². The van der Waals surface area contributed by atoms with Crippen LogP contribution in [0.1, 0.15) is 29.3 Å². The highest BCUT2D eigenvalue weighted by Gasteiger charge is 2.16. The number of hydrogen-bond donors (Lipinski definition) is 2. The van der Waals surface area contributed by atoms with Crippen LogP contribution in [0.4, 0.5) is 0 Å². The lowest BCUT2D eigenvalue weighted by Crippen LogP contribution is -2.28. The van der Waals surface area contributed by atoms with Crippen LogP contribution in [0, 0.1) is 0 Å². The van der Waals surface area contributed by atoms with Gasteiger partial charge < -0.3 is 4.74 Å². The molecule has 1 atom stereocenters. The molecular weight excluding hydrogens is 250 g/mol. The molecular formula is C16H19N3O. The summed E-state index contributed by atoms with van der Waals surface area (Å²) in [5, 5.41) is 0. The number of benzene rings is 1. The van der Waals surface area contributed by atoms with Crippen molar-refractivity contribution in [2.75, 3.05) is 6.61 Å². The van der Waals surface area contributed by atoms with Gasteiger partial charge in [0.15, 0.2) is 0 Å². The van der Waals surface area contributed by atoms with Crippen LogP contribution >= 0.6 is 0 Å². The van der Waals surface area contributed by atoms with Gasteiger partial charge in [0.1, 0.15) is 5.75 Å². The van der Waals surface area contributed by atoms with Crippen molar-refractivity contribution in [3.63, 3.8) is 0 Å². The van der Waals surface area contributed by atoms with Crippen LogP contribution in [0.25, 0.3) is 0 Å². The summed E-state index contributed by atoms with van der Waals surface area (Å²) in [5.74, 6) is 6.72. The van der Waals surface area contributed by atoms with E-state index in [9.17, 15) is 0 Å². The first kappa shape index (κ1) is 13.1. The van der Waals surface area contributed by atoms with Gasteiger partial charge in [0, 0.05) is 24.4 Å². The predicted molar refractivity (Wildman–Crippen MR) is 78.3 cm³/mol. The molecule has 2 heterocycles. The summed E-state index contributed by atoms with van der Waals surface area (Å²) in [4.78, 5) is 4.35. The van der Waals surface area contributed by atoms with E-state index in [1.807, 2.05) is 30.5 Å². The third kappa shape index (κ3) is 2.81. The molecule has 1 aromatic carbocycles. The van der Waals surface area contributed by atoms with Crippen LogP contribution < -0.4 is 16.0 Å². The smallest absolute Gasteiger partial charge is 0.122 e. The Morgan fingerprint density at radius 1 is 1.30 bits per heavy atom. The molecule has 1 aliphatic heterocycles. The Balaban J connectivity index is 1.70. The van der Waals surface area contributed by atoms with Gasteiger partial charge in [-0.25, -0.2) is 0 Å². The van der Waals surface area contributed by atoms with E-state index in [4.69, 9.17) is 10.6 Å². The first-order chi connectivity index (χ1) is 9.86. The van der Waals surface area contributed by atoms with Gasteiger partial charge in [-0.05, 0) is 42.2 Å². The number of ether oxygens (including phenoxy) is 1. The highest BCUT2D eigenvalue weighted by Crippen LogP contribution is 2.29. The summed E-state index contributed by atoms with van der Waals surface area (Å²) in [5.41, 5.74) is 6.50. The van der Waals surface area contributed by atoms with Crippen molar-refractivity contribution in [3.05, 3.63) is 59.4 Å². The van der Waals surface area contributed by atoms with Crippen LogP contribution in [-0.4, -0.2) is 11.6 Å². The number of pyridine rings is 1. The summed E-state index contributed by atoms with van der Waals surface area (Å²) >= 11 is 0. The van der Waals surface area contributed by atoms with Crippen LogP contribution in [0.2, 0.25) is 0 Å². The third-order valence-electron chi connectivity index (χ3n) is 3.73. The zero-order chi connectivity index (χ0) is 13.8. The molecule has 0 bridgehead atoms. The van der Waals surface area contributed by atoms with Gasteiger partial charge in [-0.15, -0.1) is 0 Å². The first-order valence-corrected chi connectivity index (χ1v) is 6.98. The second-order valence-electron chi connectivity index (χ2n) is 5.04. The van der Waals surface area contributed by atoms with E-state index in [1.165, 1.54) is 11.1 Å². The molecule has 3 N–H and O–H groups in total. The van der Waals surface area contributed by atoms with Crippen molar-refractivity contribution in [1.29, 1.82) is 0 Å². The Morgan fingerprint density at radius 3 is 3.05 bits per heavy atom. The minimum absolute atomic E-state index is 0.142. The average Bonchev–Trinajstić information content (AvgIpc) is 2.96. The highest BCUT2D eigenvalue weighted by molar-refractivity contribution is 5.40. The molecule has 0 fully saturated rings. The molecule has 0 spiro atoms. The van der Waals surface area contributed by atoms with Crippen molar-refractivity contribution in [1.82, 2.24) is 10.4 Å². The molecule has 20 heavy (non-hydrogen) atoms. The number of rotatable bonds is 5. The number of hydrazine groups is 1. The minimum atomic E-state index is 0.142. The molecule has 2 aromatic rings. The van der Waals surface area contributed by atoms with Crippen molar-refractivity contribution < 1.29 is 4.74 Å². The molecule has 0 amide bonds. The normalized spacial score (nSPS) is 14.7. The largest absolute Gasteiger partial charge is 0.493 e. The zero-order valence-electron chi connectivity index (χ0n) is 11.4. The topological polar surface area (TPSA) is 60.2 Å². The number of aryl methyl sites for hydroxylation is 1. The number of aromatic nitrogens is 1. The van der Waals surface area contributed by atoms with Crippen LogP contribution in [0.5, 0.6) is 5.75 Å². The second kappa shape index (κ2) is 6.03. The lowest BCUT2D eigenvalue weighted by atomic mass is 9.98. The van der Waals surface area contributed by atoms with Crippen molar-refractivity contribution in [2.45, 2.75) is 25.3 Å². The maximum Gasteiger partial charge on any atom is 0.122 e. The first-order valence-electron chi connectivity index (χ1n) is 6.98. The standard InChI is InChI=1S/C16H19N3O/c17-19-15(6-5-14-3-1-2-9-18-14)12-4-7-16-13(11-12)8-10-20-16/h1-4,7,9,11,15,19H,5-6,8,10,17H2. The van der Waals surface area contributed by atoms with Crippen molar-refractivity contribution >= 4 is 0 Å². The van der Waals surface area contributed by atoms with E-state index in [0.29, 0.717) is 0 Å². The van der Waals surface area contributed by atoms with E-state index < -0.39 is 0 Å². The summed E-state index contributed by atoms with van der Waals surface area (Å²) in [6.45, 7) is 0.785. The van der Waals surface area contributed by atoms with Gasteiger partial charge in [-0.1, -0.05) is 18.2 Å². The van der Waals surface area contributed by atoms with E-state index in [2.05, 4.69) is 22.5 Å². The van der Waals surface area contributed by atoms with E-state index in [1.54, 1.807) is 0 Å². The SMILES string of the molecule is NNC(CCc1ccccn1)c1ccc2c(c1)CCO2. The fourth-order valence-electron chi connectivity index (χ4n) is 2.61. The Labute approximate surface area is 119 Å². The molecule has 1 aliphatic rings. The number of nitrogens with one attached hydrogen (secondary N) is 1. The molecule has 1 unspecified atom stereocenters. The van der Waals surface area contributed by atoms with Crippen LogP contribution in [0.3, 0.4) is 0 Å². The number of fused-ring (bicyclic) bond motifs is 1. The highest BCUT2D eigenvalue weighted by atomic mass is 16.5. The number of nitrogens with zero attached hydrogens (tertiary/aromatic N) is 1. The Bertz CT molecular complexity index is 571. The maximum absolute atomic E-state index is 5.71. The van der Waals surface area contributed by atoms with E-state index in [-0.39, 0.29) is 6.04 Å². The van der Waals surface area contributed by atoms with Crippen LogP contribution in [0.15, 0.2) is 42.6 Å². The summed E-state index contributed by atoms with van der Waals surface area (Å²) in [6, 6.07) is 12.5. The van der Waals surface area contributed by atoms with Gasteiger partial charge in [0.25, 0.3) is 0 Å². The van der Waals surface area contributed by atoms with Gasteiger partial charge in [-0.3, -0.25) is 16.3 Å². The fourth-order valence-corrected chi connectivity index (χ4v) is 2.61. The molecule has 4 nitrogen and oxygen atoms in total. The van der Waals surface area contributed by atoms with Crippen LogP contribution in [-0.2, 0) is 12.8 Å². The average molecular weight is 269 g/mol. The molecule has 1 aromatic heterocycles. The van der Waals surface area contributed by atoms with Gasteiger partial charge in [0.05, 0.1) is 6.61 Å². The quantitative estimate of drug-likeness (QED) is 0.645. The molecule has 104 valence electrons. The lowest BCUT2D eigenvalue weighted by Gasteiger charge is -2.17. The monoisotopic (exact) mass is 269 g/mol. The van der Waals surface area contributed by atoms with Gasteiger partial charge >= 0.3 is 0 Å². The molecule has 0 radical (unpaired) electrons. The summed E-state index contributed by atoms with van der Waals surface area (Å²) in [6.07, 6.45) is 4.64. The number of hydrogen-bond acceptors (Lipinski definition) is 4. The van der Waals surface area contributed by atoms with Gasteiger partial charge in [0.2, 0.25) is 0 Å². The van der Waals surface area contributed by atoms with E-state index in [0.717, 1.165) is 37.3 Å². The molecule has 0 saturated heterocycles. The Kier molecular flexibility index (Phi) is 3.95.